The minimum atomic E-state index is -0.236. The van der Waals surface area contributed by atoms with Crippen molar-refractivity contribution in [2.45, 2.75) is 24.8 Å². The number of halogens is 3. The van der Waals surface area contributed by atoms with E-state index in [2.05, 4.69) is 31.2 Å². The van der Waals surface area contributed by atoms with Crippen LogP contribution in [0.25, 0.3) is 0 Å². The van der Waals surface area contributed by atoms with Crippen LogP contribution in [0.1, 0.15) is 34.8 Å². The topological polar surface area (TPSA) is 54.9 Å². The summed E-state index contributed by atoms with van der Waals surface area (Å²) in [5, 5.41) is 4.25. The number of carbonyl (C=O) groups is 1. The van der Waals surface area contributed by atoms with Crippen molar-refractivity contribution in [3.63, 3.8) is 0 Å². The molecule has 114 valence electrons. The van der Waals surface area contributed by atoms with Gasteiger partial charge in [0, 0.05) is 34.4 Å². The first-order valence-electron chi connectivity index (χ1n) is 6.78. The van der Waals surface area contributed by atoms with Crippen LogP contribution in [-0.2, 0) is 0 Å². The molecule has 0 radical (unpaired) electrons. The molecule has 7 heteroatoms. The first-order valence-corrected chi connectivity index (χ1v) is 8.33. The number of nitrogens with zero attached hydrogens (tertiary/aromatic N) is 2. The highest BCUT2D eigenvalue weighted by molar-refractivity contribution is 9.10. The van der Waals surface area contributed by atoms with Gasteiger partial charge >= 0.3 is 0 Å². The van der Waals surface area contributed by atoms with Crippen LogP contribution in [0.5, 0.6) is 0 Å². The van der Waals surface area contributed by atoms with Crippen LogP contribution in [0.3, 0.4) is 0 Å². The average molecular weight is 401 g/mol. The number of hydrogen-bond acceptors (Lipinski definition) is 3. The van der Waals surface area contributed by atoms with E-state index in [1.54, 1.807) is 6.07 Å². The SMILES string of the molecule is O=C(N[C@H]1CC[C@H]1c1ccc(Cl)cc1Cl)c1nccnc1Br. The molecule has 1 aromatic heterocycles. The molecule has 1 aromatic carbocycles. The molecule has 1 saturated carbocycles. The summed E-state index contributed by atoms with van der Waals surface area (Å²) in [4.78, 5) is 20.3. The van der Waals surface area contributed by atoms with Crippen molar-refractivity contribution in [2.24, 2.45) is 0 Å². The average Bonchev–Trinajstić information content (AvgIpc) is 2.46. The fourth-order valence-electron chi connectivity index (χ4n) is 2.56. The second kappa shape index (κ2) is 6.52. The maximum atomic E-state index is 12.3. The predicted molar refractivity (Wildman–Crippen MR) is 89.4 cm³/mol. The molecule has 1 aliphatic rings. The molecule has 4 nitrogen and oxygen atoms in total. The van der Waals surface area contributed by atoms with Gasteiger partial charge in [0.25, 0.3) is 5.91 Å². The highest BCUT2D eigenvalue weighted by Crippen LogP contribution is 2.41. The van der Waals surface area contributed by atoms with Crippen molar-refractivity contribution >= 4 is 45.0 Å². The van der Waals surface area contributed by atoms with Gasteiger partial charge in [0.15, 0.2) is 5.69 Å². The van der Waals surface area contributed by atoms with E-state index in [0.717, 1.165) is 18.4 Å². The maximum absolute atomic E-state index is 12.3. The third-order valence-electron chi connectivity index (χ3n) is 3.82. The summed E-state index contributed by atoms with van der Waals surface area (Å²) in [6.07, 6.45) is 4.91. The summed E-state index contributed by atoms with van der Waals surface area (Å²) in [5.74, 6) is -0.0380. The molecule has 1 N–H and O–H groups in total. The Bertz CT molecular complexity index is 726. The van der Waals surface area contributed by atoms with Crippen molar-refractivity contribution in [3.05, 3.63) is 56.5 Å². The van der Waals surface area contributed by atoms with Gasteiger partial charge in [0.05, 0.1) is 0 Å². The molecule has 0 bridgehead atoms. The number of benzene rings is 1. The molecule has 0 spiro atoms. The van der Waals surface area contributed by atoms with Gasteiger partial charge in [0.1, 0.15) is 4.60 Å². The normalized spacial score (nSPS) is 20.3. The number of nitrogens with one attached hydrogen (secondary N) is 1. The minimum absolute atomic E-state index is 0.0417. The Morgan fingerprint density at radius 1 is 1.23 bits per heavy atom. The summed E-state index contributed by atoms with van der Waals surface area (Å²) in [6.45, 7) is 0. The van der Waals surface area contributed by atoms with E-state index < -0.39 is 0 Å². The lowest BCUT2D eigenvalue weighted by molar-refractivity contribution is 0.0898. The van der Waals surface area contributed by atoms with Gasteiger partial charge < -0.3 is 5.32 Å². The first-order chi connectivity index (χ1) is 10.6. The van der Waals surface area contributed by atoms with Crippen LogP contribution in [0.15, 0.2) is 35.2 Å². The quantitative estimate of drug-likeness (QED) is 0.838. The standard InChI is InChI=1S/C15H12BrCl2N3O/c16-14-13(19-5-6-20-14)15(22)21-12-4-3-10(12)9-2-1-8(17)7-11(9)18/h1-2,5-7,10,12H,3-4H2,(H,21,22)/t10-,12-/m0/s1. The Morgan fingerprint density at radius 3 is 2.64 bits per heavy atom. The number of rotatable bonds is 3. The van der Waals surface area contributed by atoms with Crippen molar-refractivity contribution in [2.75, 3.05) is 0 Å². The summed E-state index contributed by atoms with van der Waals surface area (Å²) in [7, 11) is 0. The van der Waals surface area contributed by atoms with E-state index in [4.69, 9.17) is 23.2 Å². The lowest BCUT2D eigenvalue weighted by atomic mass is 9.75. The molecule has 1 amide bonds. The van der Waals surface area contributed by atoms with Gasteiger partial charge in [0.2, 0.25) is 0 Å². The van der Waals surface area contributed by atoms with Crippen LogP contribution in [0, 0.1) is 0 Å². The number of hydrogen-bond donors (Lipinski definition) is 1. The molecule has 2 aromatic rings. The van der Waals surface area contributed by atoms with E-state index in [0.29, 0.717) is 14.6 Å². The van der Waals surface area contributed by atoms with E-state index in [-0.39, 0.29) is 23.6 Å². The zero-order valence-electron chi connectivity index (χ0n) is 11.4. The van der Waals surface area contributed by atoms with Crippen LogP contribution in [0.4, 0.5) is 0 Å². The summed E-state index contributed by atoms with van der Waals surface area (Å²) >= 11 is 15.4. The lowest BCUT2D eigenvalue weighted by Crippen LogP contribution is -2.45. The molecule has 0 aliphatic heterocycles. The van der Waals surface area contributed by atoms with Gasteiger partial charge in [-0.2, -0.15) is 0 Å². The monoisotopic (exact) mass is 399 g/mol. The molecule has 0 saturated heterocycles. The van der Waals surface area contributed by atoms with Crippen LogP contribution in [-0.4, -0.2) is 21.9 Å². The van der Waals surface area contributed by atoms with Gasteiger partial charge in [-0.15, -0.1) is 0 Å². The number of amides is 1. The third kappa shape index (κ3) is 3.12. The smallest absolute Gasteiger partial charge is 0.272 e. The van der Waals surface area contributed by atoms with Gasteiger partial charge in [-0.25, -0.2) is 9.97 Å². The third-order valence-corrected chi connectivity index (χ3v) is 4.96. The van der Waals surface area contributed by atoms with Gasteiger partial charge in [-0.1, -0.05) is 29.3 Å². The Morgan fingerprint density at radius 2 is 2.00 bits per heavy atom. The second-order valence-electron chi connectivity index (χ2n) is 5.13. The minimum Gasteiger partial charge on any atom is -0.347 e. The summed E-state index contributed by atoms with van der Waals surface area (Å²) in [6, 6.07) is 5.51. The number of carbonyl (C=O) groups excluding carboxylic acids is 1. The van der Waals surface area contributed by atoms with E-state index in [9.17, 15) is 4.79 Å². The van der Waals surface area contributed by atoms with E-state index in [1.165, 1.54) is 12.4 Å². The fraction of sp³-hybridized carbons (Fsp3) is 0.267. The molecule has 2 atom stereocenters. The molecule has 22 heavy (non-hydrogen) atoms. The fourth-order valence-corrected chi connectivity index (χ4v) is 3.51. The molecular formula is C15H12BrCl2N3O. The molecule has 1 heterocycles. The van der Waals surface area contributed by atoms with Crippen molar-refractivity contribution < 1.29 is 4.79 Å². The highest BCUT2D eigenvalue weighted by Gasteiger charge is 2.35. The maximum Gasteiger partial charge on any atom is 0.272 e. The Balaban J connectivity index is 1.74. The Labute approximate surface area is 146 Å². The van der Waals surface area contributed by atoms with Crippen molar-refractivity contribution in [3.8, 4) is 0 Å². The van der Waals surface area contributed by atoms with Gasteiger partial charge in [-0.05, 0) is 46.5 Å². The van der Waals surface area contributed by atoms with Crippen LogP contribution >= 0.6 is 39.1 Å². The zero-order chi connectivity index (χ0) is 15.7. The molecule has 1 fully saturated rings. The largest absolute Gasteiger partial charge is 0.347 e. The first kappa shape index (κ1) is 15.7. The molecule has 1 aliphatic carbocycles. The Hall–Kier alpha value is -1.17. The van der Waals surface area contributed by atoms with Crippen molar-refractivity contribution in [1.29, 1.82) is 0 Å². The number of aromatic nitrogens is 2. The molecule has 0 unspecified atom stereocenters. The molecule has 3 rings (SSSR count). The van der Waals surface area contributed by atoms with Gasteiger partial charge in [-0.3, -0.25) is 4.79 Å². The predicted octanol–water partition coefficient (Wildman–Crippen LogP) is 4.22. The zero-order valence-corrected chi connectivity index (χ0v) is 14.5. The van der Waals surface area contributed by atoms with Crippen LogP contribution < -0.4 is 5.32 Å². The lowest BCUT2D eigenvalue weighted by Gasteiger charge is -2.38. The van der Waals surface area contributed by atoms with E-state index >= 15 is 0 Å². The Kier molecular flexibility index (Phi) is 4.66. The summed E-state index contributed by atoms with van der Waals surface area (Å²) < 4.78 is 0.438. The second-order valence-corrected chi connectivity index (χ2v) is 6.72. The van der Waals surface area contributed by atoms with Crippen LogP contribution in [0.2, 0.25) is 10.0 Å². The van der Waals surface area contributed by atoms with Crippen molar-refractivity contribution in [1.82, 2.24) is 15.3 Å². The van der Waals surface area contributed by atoms with E-state index in [1.807, 2.05) is 12.1 Å². The highest BCUT2D eigenvalue weighted by atomic mass is 79.9. The molecular weight excluding hydrogens is 389 g/mol. The summed E-state index contributed by atoms with van der Waals surface area (Å²) in [5.41, 5.74) is 1.30.